The second kappa shape index (κ2) is 6.16. The van der Waals surface area contributed by atoms with Crippen LogP contribution in [0, 0.1) is 6.92 Å². The SMILES string of the molecule is CCN(Cc1cn2cccc(C)c2n1)C1CCC(N)CC1. The number of rotatable bonds is 4. The molecule has 0 unspecified atom stereocenters. The highest BCUT2D eigenvalue weighted by atomic mass is 15.2. The van der Waals surface area contributed by atoms with Crippen molar-refractivity contribution in [2.24, 2.45) is 5.73 Å². The van der Waals surface area contributed by atoms with Gasteiger partial charge in [0.2, 0.25) is 0 Å². The molecule has 2 aromatic heterocycles. The first-order valence-corrected chi connectivity index (χ1v) is 8.10. The number of hydrogen-bond donors (Lipinski definition) is 1. The fourth-order valence-electron chi connectivity index (χ4n) is 3.45. The molecule has 21 heavy (non-hydrogen) atoms. The molecular weight excluding hydrogens is 260 g/mol. The fraction of sp³-hybridized carbons (Fsp3) is 0.588. The maximum Gasteiger partial charge on any atom is 0.139 e. The summed E-state index contributed by atoms with van der Waals surface area (Å²) in [5, 5.41) is 0. The van der Waals surface area contributed by atoms with Crippen LogP contribution in [0.4, 0.5) is 0 Å². The van der Waals surface area contributed by atoms with Crippen LogP contribution in [-0.4, -0.2) is 32.9 Å². The van der Waals surface area contributed by atoms with E-state index in [2.05, 4.69) is 47.7 Å². The number of imidazole rings is 1. The molecule has 4 nitrogen and oxygen atoms in total. The summed E-state index contributed by atoms with van der Waals surface area (Å²) < 4.78 is 2.13. The lowest BCUT2D eigenvalue weighted by Crippen LogP contribution is -2.40. The van der Waals surface area contributed by atoms with E-state index < -0.39 is 0 Å². The van der Waals surface area contributed by atoms with Crippen molar-refractivity contribution >= 4 is 5.65 Å². The van der Waals surface area contributed by atoms with Gasteiger partial charge in [0.25, 0.3) is 0 Å². The number of nitrogens with two attached hydrogens (primary N) is 1. The van der Waals surface area contributed by atoms with E-state index >= 15 is 0 Å². The van der Waals surface area contributed by atoms with Crippen molar-refractivity contribution in [3.63, 3.8) is 0 Å². The molecule has 2 aromatic rings. The van der Waals surface area contributed by atoms with Gasteiger partial charge >= 0.3 is 0 Å². The van der Waals surface area contributed by atoms with E-state index in [9.17, 15) is 0 Å². The maximum absolute atomic E-state index is 6.02. The molecule has 1 saturated carbocycles. The Kier molecular flexibility index (Phi) is 4.27. The summed E-state index contributed by atoms with van der Waals surface area (Å²) in [7, 11) is 0. The van der Waals surface area contributed by atoms with Crippen LogP contribution in [0.15, 0.2) is 24.5 Å². The molecule has 0 aliphatic heterocycles. The average molecular weight is 286 g/mol. The first-order chi connectivity index (χ1) is 10.2. The van der Waals surface area contributed by atoms with E-state index in [1.807, 2.05) is 0 Å². The van der Waals surface area contributed by atoms with Crippen molar-refractivity contribution in [2.75, 3.05) is 6.54 Å². The van der Waals surface area contributed by atoms with E-state index in [0.717, 1.165) is 31.6 Å². The zero-order valence-corrected chi connectivity index (χ0v) is 13.1. The van der Waals surface area contributed by atoms with Crippen molar-refractivity contribution in [3.05, 3.63) is 35.8 Å². The monoisotopic (exact) mass is 286 g/mol. The summed E-state index contributed by atoms with van der Waals surface area (Å²) in [6, 6.07) is 5.28. The van der Waals surface area contributed by atoms with Gasteiger partial charge in [-0.25, -0.2) is 4.98 Å². The van der Waals surface area contributed by atoms with Crippen molar-refractivity contribution in [1.82, 2.24) is 14.3 Å². The van der Waals surface area contributed by atoms with Gasteiger partial charge in [-0.05, 0) is 50.8 Å². The number of fused-ring (bicyclic) bond motifs is 1. The Bertz CT molecular complexity index is 596. The van der Waals surface area contributed by atoms with Crippen LogP contribution in [0.2, 0.25) is 0 Å². The molecule has 0 spiro atoms. The summed E-state index contributed by atoms with van der Waals surface area (Å²) in [6.07, 6.45) is 9.01. The normalized spacial score (nSPS) is 23.0. The number of pyridine rings is 1. The van der Waals surface area contributed by atoms with Gasteiger partial charge in [-0.3, -0.25) is 4.90 Å². The standard InChI is InChI=1S/C17H26N4/c1-3-20(16-8-6-14(18)7-9-16)11-15-12-21-10-4-5-13(2)17(21)19-15/h4-5,10,12,14,16H,3,6-9,11,18H2,1-2H3. The predicted octanol–water partition coefficient (Wildman–Crippen LogP) is 2.73. The lowest BCUT2D eigenvalue weighted by molar-refractivity contribution is 0.148. The van der Waals surface area contributed by atoms with Crippen molar-refractivity contribution < 1.29 is 0 Å². The molecule has 0 bridgehead atoms. The smallest absolute Gasteiger partial charge is 0.139 e. The van der Waals surface area contributed by atoms with Gasteiger partial charge in [0.05, 0.1) is 5.69 Å². The highest BCUT2D eigenvalue weighted by Crippen LogP contribution is 2.23. The lowest BCUT2D eigenvalue weighted by atomic mass is 9.90. The largest absolute Gasteiger partial charge is 0.328 e. The van der Waals surface area contributed by atoms with Crippen LogP contribution in [0.3, 0.4) is 0 Å². The maximum atomic E-state index is 6.02. The Labute approximate surface area is 127 Å². The topological polar surface area (TPSA) is 46.6 Å². The van der Waals surface area contributed by atoms with Crippen LogP contribution in [-0.2, 0) is 6.54 Å². The summed E-state index contributed by atoms with van der Waals surface area (Å²) in [4.78, 5) is 7.36. The molecule has 2 heterocycles. The zero-order valence-electron chi connectivity index (χ0n) is 13.1. The van der Waals surface area contributed by atoms with Crippen molar-refractivity contribution in [1.29, 1.82) is 0 Å². The number of nitrogens with zero attached hydrogens (tertiary/aromatic N) is 3. The molecule has 0 radical (unpaired) electrons. The van der Waals surface area contributed by atoms with E-state index in [4.69, 9.17) is 10.7 Å². The van der Waals surface area contributed by atoms with Crippen LogP contribution >= 0.6 is 0 Å². The molecule has 2 N–H and O–H groups in total. The molecule has 1 aliphatic rings. The van der Waals surface area contributed by atoms with Crippen LogP contribution in [0.25, 0.3) is 5.65 Å². The van der Waals surface area contributed by atoms with Gasteiger partial charge in [-0.2, -0.15) is 0 Å². The molecule has 1 aliphatic carbocycles. The molecule has 0 aromatic carbocycles. The summed E-state index contributed by atoms with van der Waals surface area (Å²) >= 11 is 0. The zero-order chi connectivity index (χ0) is 14.8. The Balaban J connectivity index is 1.74. The molecule has 0 amide bonds. The second-order valence-corrected chi connectivity index (χ2v) is 6.29. The molecule has 3 rings (SSSR count). The third-order valence-corrected chi connectivity index (χ3v) is 4.76. The Morgan fingerprint density at radius 1 is 1.33 bits per heavy atom. The van der Waals surface area contributed by atoms with Crippen LogP contribution in [0.1, 0.15) is 43.9 Å². The predicted molar refractivity (Wildman–Crippen MR) is 86.2 cm³/mol. The summed E-state index contributed by atoms with van der Waals surface area (Å²) in [5.41, 5.74) is 9.50. The van der Waals surface area contributed by atoms with E-state index in [1.165, 1.54) is 24.1 Å². The highest BCUT2D eigenvalue weighted by Gasteiger charge is 2.23. The first-order valence-electron chi connectivity index (χ1n) is 8.10. The molecule has 114 valence electrons. The van der Waals surface area contributed by atoms with Gasteiger partial charge in [-0.15, -0.1) is 0 Å². The molecular formula is C17H26N4. The van der Waals surface area contributed by atoms with Crippen molar-refractivity contribution in [3.8, 4) is 0 Å². The summed E-state index contributed by atoms with van der Waals surface area (Å²) in [5.74, 6) is 0. The van der Waals surface area contributed by atoms with Crippen LogP contribution in [0.5, 0.6) is 0 Å². The molecule has 4 heteroatoms. The van der Waals surface area contributed by atoms with E-state index in [1.54, 1.807) is 0 Å². The van der Waals surface area contributed by atoms with Gasteiger partial charge < -0.3 is 10.1 Å². The molecule has 1 fully saturated rings. The third-order valence-electron chi connectivity index (χ3n) is 4.76. The minimum Gasteiger partial charge on any atom is -0.328 e. The Morgan fingerprint density at radius 3 is 2.76 bits per heavy atom. The van der Waals surface area contributed by atoms with Crippen LogP contribution < -0.4 is 5.73 Å². The second-order valence-electron chi connectivity index (χ2n) is 6.29. The number of aromatic nitrogens is 2. The third kappa shape index (κ3) is 3.11. The Morgan fingerprint density at radius 2 is 2.10 bits per heavy atom. The van der Waals surface area contributed by atoms with Gasteiger partial charge in [0.15, 0.2) is 0 Å². The average Bonchev–Trinajstić information content (AvgIpc) is 2.90. The van der Waals surface area contributed by atoms with Gasteiger partial charge in [0, 0.05) is 31.0 Å². The van der Waals surface area contributed by atoms with Gasteiger partial charge in [0.1, 0.15) is 5.65 Å². The molecule has 0 atom stereocenters. The quantitative estimate of drug-likeness (QED) is 0.940. The fourth-order valence-corrected chi connectivity index (χ4v) is 3.45. The van der Waals surface area contributed by atoms with Gasteiger partial charge in [-0.1, -0.05) is 13.0 Å². The van der Waals surface area contributed by atoms with E-state index in [-0.39, 0.29) is 0 Å². The molecule has 0 saturated heterocycles. The minimum absolute atomic E-state index is 0.415. The minimum atomic E-state index is 0.415. The summed E-state index contributed by atoms with van der Waals surface area (Å²) in [6.45, 7) is 6.38. The number of aryl methyl sites for hydroxylation is 1. The first kappa shape index (κ1) is 14.5. The van der Waals surface area contributed by atoms with Crippen molar-refractivity contribution in [2.45, 2.75) is 58.2 Å². The lowest BCUT2D eigenvalue weighted by Gasteiger charge is -2.35. The Hall–Kier alpha value is -1.39. The highest BCUT2D eigenvalue weighted by molar-refractivity contribution is 5.47. The number of hydrogen-bond acceptors (Lipinski definition) is 3. The van der Waals surface area contributed by atoms with E-state index in [0.29, 0.717) is 12.1 Å².